The molecule has 0 atom stereocenters. The van der Waals surface area contributed by atoms with Crippen molar-refractivity contribution in [1.82, 2.24) is 4.90 Å². The van der Waals surface area contributed by atoms with Gasteiger partial charge in [0.05, 0.1) is 24.9 Å². The Hall–Kier alpha value is -3.08. The molecule has 0 unspecified atom stereocenters. The first-order valence-corrected chi connectivity index (χ1v) is 11.3. The number of carbonyl (C=O) groups excluding carboxylic acids is 1. The Morgan fingerprint density at radius 2 is 2.00 bits per heavy atom. The second kappa shape index (κ2) is 9.82. The first-order valence-electron chi connectivity index (χ1n) is 10.5. The first-order chi connectivity index (χ1) is 15.1. The van der Waals surface area contributed by atoms with Gasteiger partial charge in [0, 0.05) is 17.0 Å². The second-order valence-electron chi connectivity index (χ2n) is 7.78. The Kier molecular flexibility index (Phi) is 6.70. The number of nitrogens with one attached hydrogen (secondary N) is 1. The molecular formula is C24H25N3O3S. The monoisotopic (exact) mass is 435 g/mol. The number of phenolic OH excluding ortho intramolecular Hbond substituents is 1. The summed E-state index contributed by atoms with van der Waals surface area (Å²) in [6.07, 6.45) is 6.88. The van der Waals surface area contributed by atoms with Crippen LogP contribution in [0, 0.1) is 11.3 Å². The van der Waals surface area contributed by atoms with Crippen molar-refractivity contribution < 1.29 is 14.3 Å². The highest BCUT2D eigenvalue weighted by Gasteiger charge is 2.22. The van der Waals surface area contributed by atoms with Gasteiger partial charge in [-0.1, -0.05) is 24.6 Å². The third kappa shape index (κ3) is 5.16. The fourth-order valence-corrected chi connectivity index (χ4v) is 5.25. The molecular weight excluding hydrogens is 410 g/mol. The van der Waals surface area contributed by atoms with Gasteiger partial charge in [0.25, 0.3) is 0 Å². The molecule has 0 saturated heterocycles. The molecule has 4 rings (SSSR count). The van der Waals surface area contributed by atoms with Gasteiger partial charge >= 0.3 is 0 Å². The number of nitriles is 1. The van der Waals surface area contributed by atoms with E-state index in [0.29, 0.717) is 23.7 Å². The molecule has 7 heteroatoms. The number of thiophene rings is 1. The van der Waals surface area contributed by atoms with Crippen LogP contribution >= 0.6 is 11.3 Å². The number of aryl methyl sites for hydroxylation is 1. The summed E-state index contributed by atoms with van der Waals surface area (Å²) in [5.41, 5.74) is 2.47. The normalized spacial score (nSPS) is 13.4. The van der Waals surface area contributed by atoms with Gasteiger partial charge in [-0.25, -0.2) is 0 Å². The van der Waals surface area contributed by atoms with E-state index in [0.717, 1.165) is 42.6 Å². The average Bonchev–Trinajstić information content (AvgIpc) is 3.30. The lowest BCUT2D eigenvalue weighted by atomic mass is 10.1. The zero-order chi connectivity index (χ0) is 21.6. The van der Waals surface area contributed by atoms with Crippen LogP contribution < -0.4 is 5.32 Å². The van der Waals surface area contributed by atoms with E-state index in [4.69, 9.17) is 4.42 Å². The lowest BCUT2D eigenvalue weighted by Crippen LogP contribution is -2.32. The highest BCUT2D eigenvalue weighted by molar-refractivity contribution is 7.16. The van der Waals surface area contributed by atoms with Crippen LogP contribution in [0.3, 0.4) is 0 Å². The van der Waals surface area contributed by atoms with E-state index < -0.39 is 0 Å². The Morgan fingerprint density at radius 1 is 1.16 bits per heavy atom. The number of para-hydroxylation sites is 1. The zero-order valence-electron chi connectivity index (χ0n) is 17.3. The molecule has 0 aliphatic heterocycles. The molecule has 6 nitrogen and oxygen atoms in total. The number of anilines is 1. The molecule has 2 aromatic heterocycles. The molecule has 31 heavy (non-hydrogen) atoms. The van der Waals surface area contributed by atoms with Crippen LogP contribution in [0.2, 0.25) is 0 Å². The molecule has 1 aliphatic carbocycles. The van der Waals surface area contributed by atoms with Crippen LogP contribution in [0.5, 0.6) is 5.75 Å². The fraction of sp³-hybridized carbons (Fsp3) is 0.333. The van der Waals surface area contributed by atoms with E-state index >= 15 is 0 Å². The summed E-state index contributed by atoms with van der Waals surface area (Å²) in [5.74, 6) is 0.750. The van der Waals surface area contributed by atoms with Crippen LogP contribution in [0.1, 0.15) is 46.6 Å². The number of rotatable bonds is 7. The van der Waals surface area contributed by atoms with E-state index in [-0.39, 0.29) is 18.2 Å². The summed E-state index contributed by atoms with van der Waals surface area (Å²) in [6, 6.07) is 13.1. The van der Waals surface area contributed by atoms with Gasteiger partial charge in [0.2, 0.25) is 5.91 Å². The summed E-state index contributed by atoms with van der Waals surface area (Å²) in [6.45, 7) is 0.941. The van der Waals surface area contributed by atoms with Gasteiger partial charge in [-0.05, 0) is 49.4 Å². The van der Waals surface area contributed by atoms with E-state index in [9.17, 15) is 15.2 Å². The number of carbonyl (C=O) groups is 1. The van der Waals surface area contributed by atoms with Gasteiger partial charge in [0.1, 0.15) is 22.6 Å². The number of hydrogen-bond acceptors (Lipinski definition) is 6. The molecule has 0 fully saturated rings. The predicted molar refractivity (Wildman–Crippen MR) is 120 cm³/mol. The maximum atomic E-state index is 12.9. The summed E-state index contributed by atoms with van der Waals surface area (Å²) in [5, 5.41) is 23.5. The molecule has 0 spiro atoms. The molecule has 1 amide bonds. The van der Waals surface area contributed by atoms with Crippen molar-refractivity contribution in [2.75, 3.05) is 11.9 Å². The SMILES string of the molecule is N#Cc1c(NC(=O)CN(Cc2ccco2)Cc2ccccc2O)sc2c1CCCCC2. The Morgan fingerprint density at radius 3 is 2.77 bits per heavy atom. The van der Waals surface area contributed by atoms with Crippen LogP contribution in [0.4, 0.5) is 5.00 Å². The molecule has 0 radical (unpaired) electrons. The molecule has 3 aromatic rings. The number of nitrogens with zero attached hydrogens (tertiary/aromatic N) is 2. The van der Waals surface area contributed by atoms with Gasteiger partial charge in [-0.15, -0.1) is 11.3 Å². The maximum absolute atomic E-state index is 12.9. The van der Waals surface area contributed by atoms with Gasteiger partial charge in [-0.3, -0.25) is 9.69 Å². The highest BCUT2D eigenvalue weighted by Crippen LogP contribution is 2.37. The molecule has 1 aliphatic rings. The van der Waals surface area contributed by atoms with Crippen LogP contribution in [-0.2, 0) is 30.7 Å². The van der Waals surface area contributed by atoms with E-state index in [1.54, 1.807) is 18.4 Å². The average molecular weight is 436 g/mol. The molecule has 2 heterocycles. The minimum absolute atomic E-state index is 0.114. The van der Waals surface area contributed by atoms with Gasteiger partial charge < -0.3 is 14.8 Å². The smallest absolute Gasteiger partial charge is 0.239 e. The minimum atomic E-state index is -0.185. The summed E-state index contributed by atoms with van der Waals surface area (Å²) in [4.78, 5) is 16.1. The van der Waals surface area contributed by atoms with E-state index in [1.807, 2.05) is 29.2 Å². The number of amides is 1. The third-order valence-corrected chi connectivity index (χ3v) is 6.71. The summed E-state index contributed by atoms with van der Waals surface area (Å²) in [7, 11) is 0. The number of fused-ring (bicyclic) bond motifs is 1. The standard InChI is InChI=1S/C24H25N3O3S/c25-13-20-19-9-2-1-3-11-22(19)31-24(20)26-23(29)16-27(15-18-8-6-12-30-18)14-17-7-4-5-10-21(17)28/h4-8,10,12,28H,1-3,9,11,14-16H2,(H,26,29). The first kappa shape index (κ1) is 21.2. The number of hydrogen-bond donors (Lipinski definition) is 2. The maximum Gasteiger partial charge on any atom is 0.239 e. The van der Waals surface area contributed by atoms with E-state index in [1.165, 1.54) is 22.6 Å². The van der Waals surface area contributed by atoms with Crippen molar-refractivity contribution in [3.8, 4) is 11.8 Å². The molecule has 1 aromatic carbocycles. The predicted octanol–water partition coefficient (Wildman–Crippen LogP) is 4.83. The van der Waals surface area contributed by atoms with Crippen LogP contribution in [0.15, 0.2) is 47.1 Å². The number of phenols is 1. The zero-order valence-corrected chi connectivity index (χ0v) is 18.1. The fourth-order valence-electron chi connectivity index (χ4n) is 3.99. The van der Waals surface area contributed by atoms with Crippen molar-refractivity contribution in [2.24, 2.45) is 0 Å². The van der Waals surface area contributed by atoms with Gasteiger partial charge in [0.15, 0.2) is 0 Å². The molecule has 2 N–H and O–H groups in total. The molecule has 0 saturated carbocycles. The second-order valence-corrected chi connectivity index (χ2v) is 8.89. The van der Waals surface area contributed by atoms with E-state index in [2.05, 4.69) is 11.4 Å². The lowest BCUT2D eigenvalue weighted by molar-refractivity contribution is -0.117. The summed E-state index contributed by atoms with van der Waals surface area (Å²) < 4.78 is 5.46. The Balaban J connectivity index is 1.50. The van der Waals surface area contributed by atoms with Crippen molar-refractivity contribution >= 4 is 22.2 Å². The third-order valence-electron chi connectivity index (χ3n) is 5.50. The Bertz CT molecular complexity index is 1080. The van der Waals surface area contributed by atoms with Crippen molar-refractivity contribution in [1.29, 1.82) is 5.26 Å². The largest absolute Gasteiger partial charge is 0.508 e. The topological polar surface area (TPSA) is 89.5 Å². The van der Waals surface area contributed by atoms with Crippen molar-refractivity contribution in [3.05, 3.63) is 70.0 Å². The summed E-state index contributed by atoms with van der Waals surface area (Å²) >= 11 is 1.54. The number of furan rings is 1. The number of aromatic hydroxyl groups is 1. The molecule has 160 valence electrons. The Labute approximate surface area is 185 Å². The van der Waals surface area contributed by atoms with Crippen LogP contribution in [-0.4, -0.2) is 22.5 Å². The molecule has 0 bridgehead atoms. The van der Waals surface area contributed by atoms with Crippen molar-refractivity contribution in [3.63, 3.8) is 0 Å². The minimum Gasteiger partial charge on any atom is -0.508 e. The number of benzene rings is 1. The lowest BCUT2D eigenvalue weighted by Gasteiger charge is -2.21. The van der Waals surface area contributed by atoms with Crippen molar-refractivity contribution in [2.45, 2.75) is 45.2 Å². The quantitative estimate of drug-likeness (QED) is 0.519. The highest BCUT2D eigenvalue weighted by atomic mass is 32.1. The van der Waals surface area contributed by atoms with Gasteiger partial charge in [-0.2, -0.15) is 5.26 Å². The van der Waals surface area contributed by atoms with Crippen LogP contribution in [0.25, 0.3) is 0 Å².